The van der Waals surface area contributed by atoms with Gasteiger partial charge < -0.3 is 95.1 Å². The number of primary amides is 4. The van der Waals surface area contributed by atoms with E-state index in [1.807, 2.05) is 0 Å². The summed E-state index contributed by atoms with van der Waals surface area (Å²) in [4.78, 5) is 198. The number of ether oxygens (including phenoxy) is 4. The molecule has 11 atom stereocenters. The zero-order valence-corrected chi connectivity index (χ0v) is 50.6. The molecule has 3 heterocycles. The number of ketones is 2. The lowest BCUT2D eigenvalue weighted by Crippen LogP contribution is -2.60. The molecule has 0 radical (unpaired) electrons. The Kier molecular flexibility index (Phi) is 22.2. The molecular formula is C56H72N16O19. The second-order valence-corrected chi connectivity index (χ2v) is 21.9. The number of piperazine rings is 1. The van der Waals surface area contributed by atoms with Gasteiger partial charge >= 0.3 is 18.3 Å². The average Bonchev–Trinajstić information content (AvgIpc) is 1.49. The molecule has 3 aliphatic heterocycles. The van der Waals surface area contributed by atoms with E-state index in [4.69, 9.17) is 47.6 Å². The van der Waals surface area contributed by atoms with Gasteiger partial charge in [0.25, 0.3) is 0 Å². The zero-order chi connectivity index (χ0) is 67.7. The highest BCUT2D eigenvalue weighted by Gasteiger charge is 2.78. The Hall–Kier alpha value is -10.7. The predicted octanol–water partition coefficient (Wildman–Crippen LogP) is -4.76. The van der Waals surface area contributed by atoms with E-state index >= 15 is 0 Å². The largest absolute Gasteiger partial charge is 0.449 e. The lowest BCUT2D eigenvalue weighted by atomic mass is 9.82. The molecule has 2 fully saturated rings. The summed E-state index contributed by atoms with van der Waals surface area (Å²) < 4.78 is 21.5. The van der Waals surface area contributed by atoms with E-state index in [1.54, 1.807) is 4.90 Å². The fraction of sp³-hybridized carbons (Fsp3) is 0.446. The van der Waals surface area contributed by atoms with Crippen LogP contribution in [0.5, 0.6) is 0 Å². The Morgan fingerprint density at radius 1 is 0.582 bits per heavy atom. The molecule has 1 aliphatic carbocycles. The van der Waals surface area contributed by atoms with Crippen LogP contribution in [0.25, 0.3) is 0 Å². The highest BCUT2D eigenvalue weighted by molar-refractivity contribution is 6.25. The molecule has 0 spiro atoms. The maximum atomic E-state index is 13.6. The van der Waals surface area contributed by atoms with Crippen molar-refractivity contribution in [2.75, 3.05) is 45.0 Å². The number of nitrogens with one attached hydrogen (secondary N) is 8. The second-order valence-electron chi connectivity index (χ2n) is 21.9. The van der Waals surface area contributed by atoms with Crippen LogP contribution in [0.2, 0.25) is 0 Å². The molecule has 2 aromatic carbocycles. The minimum absolute atomic E-state index is 0.0224. The van der Waals surface area contributed by atoms with Gasteiger partial charge in [-0.3, -0.25) is 67.3 Å². The van der Waals surface area contributed by atoms with Crippen LogP contribution in [-0.2, 0) is 89.7 Å². The third-order valence-corrected chi connectivity index (χ3v) is 15.2. The molecule has 2 aromatic rings. The summed E-state index contributed by atoms with van der Waals surface area (Å²) in [5.74, 6) is -11.7. The molecule has 18 N–H and O–H groups in total. The first kappa shape index (κ1) is 69.4. The SMILES string of the molecule is CO[C@]12C3[C@H](CN1C1=C(C(=O)C(N)=C(C)C1=O)[C@H]2COC(N)=O)N3C(=O)OCc1ccc(NC(=O)[C@H](CC(N)=O)NC(=O)[C@H](C)NC(=O)[C@H](C)NC(=O)C(C(=O)N[C@@H](C)C(=O)N[C@@H](C)C(=O)N[C@@H](CC(N)=O)C(=O)Nc2ccc(COC(N)=O)cc2)N(C)C)cc1. The molecule has 0 saturated carbocycles. The van der Waals surface area contributed by atoms with Crippen molar-refractivity contribution in [1.29, 1.82) is 0 Å². The number of hydrogen-bond donors (Lipinski definition) is 13. The summed E-state index contributed by atoms with van der Waals surface area (Å²) in [5.41, 5.74) is 26.6. The molecule has 0 bridgehead atoms. The van der Waals surface area contributed by atoms with Crippen LogP contribution in [0, 0.1) is 5.92 Å². The van der Waals surface area contributed by atoms with E-state index in [0.717, 1.165) is 0 Å². The molecule has 490 valence electrons. The topological polar surface area (TPSA) is 529 Å². The van der Waals surface area contributed by atoms with Gasteiger partial charge in [-0.05, 0) is 84.1 Å². The number of nitrogens with zero attached hydrogens (tertiary/aromatic N) is 3. The summed E-state index contributed by atoms with van der Waals surface area (Å²) in [5, 5.41) is 19.2. The van der Waals surface area contributed by atoms with Crippen LogP contribution in [0.3, 0.4) is 0 Å². The summed E-state index contributed by atoms with van der Waals surface area (Å²) >= 11 is 0. The van der Waals surface area contributed by atoms with Crippen LogP contribution in [0.1, 0.15) is 58.6 Å². The Labute approximate surface area is 518 Å². The minimum atomic E-state index is -1.66. The average molecular weight is 1270 g/mol. The number of methoxy groups -OCH3 is 1. The second kappa shape index (κ2) is 29.1. The number of benzene rings is 2. The van der Waals surface area contributed by atoms with Gasteiger partial charge in [0.15, 0.2) is 11.8 Å². The fourth-order valence-electron chi connectivity index (χ4n) is 10.5. The van der Waals surface area contributed by atoms with E-state index < -0.39 is 174 Å². The van der Waals surface area contributed by atoms with Gasteiger partial charge in [-0.15, -0.1) is 0 Å². The van der Waals surface area contributed by atoms with Gasteiger partial charge in [0.05, 0.1) is 36.2 Å². The van der Waals surface area contributed by atoms with Crippen LogP contribution in [0.4, 0.5) is 25.8 Å². The number of anilines is 2. The number of fused-ring (bicyclic) bond motifs is 4. The quantitative estimate of drug-likeness (QED) is 0.0165. The van der Waals surface area contributed by atoms with Crippen molar-refractivity contribution >= 4 is 100 Å². The number of rotatable bonds is 28. The molecule has 91 heavy (non-hydrogen) atoms. The van der Waals surface area contributed by atoms with E-state index in [0.29, 0.717) is 11.1 Å². The van der Waals surface area contributed by atoms with Crippen molar-refractivity contribution in [3.05, 3.63) is 82.2 Å². The van der Waals surface area contributed by atoms with Crippen molar-refractivity contribution in [2.45, 2.75) is 121 Å². The number of hydrogen-bond acceptors (Lipinski definition) is 22. The highest BCUT2D eigenvalue weighted by atomic mass is 16.6. The Balaban J connectivity index is 0.956. The number of Topliss-reactive ketones (excluding diaryl/α,β-unsaturated/α-hetero) is 2. The van der Waals surface area contributed by atoms with Gasteiger partial charge in [-0.25, -0.2) is 14.4 Å². The number of likely N-dealkylation sites (N-methyl/N-ethyl adjacent to an activating group) is 1. The number of carbonyl (C=O) groups excluding carboxylic acids is 15. The number of amides is 13. The number of nitrogens with two attached hydrogens (primary N) is 5. The van der Waals surface area contributed by atoms with Crippen LogP contribution < -0.4 is 71.2 Å². The predicted molar refractivity (Wildman–Crippen MR) is 313 cm³/mol. The van der Waals surface area contributed by atoms with E-state index in [1.165, 1.54) is 114 Å². The van der Waals surface area contributed by atoms with E-state index in [2.05, 4.69) is 42.5 Å². The lowest BCUT2D eigenvalue weighted by molar-refractivity contribution is -0.144. The molecule has 4 aliphatic rings. The first-order chi connectivity index (χ1) is 42.7. The summed E-state index contributed by atoms with van der Waals surface area (Å²) in [7, 11) is 4.03. The smallest absolute Gasteiger partial charge is 0.410 e. The first-order valence-electron chi connectivity index (χ1n) is 28.0. The van der Waals surface area contributed by atoms with Crippen molar-refractivity contribution in [3.63, 3.8) is 0 Å². The number of allylic oxidation sites excluding steroid dienone is 2. The molecule has 0 aromatic heterocycles. The van der Waals surface area contributed by atoms with Crippen LogP contribution >= 0.6 is 0 Å². The highest BCUT2D eigenvalue weighted by Crippen LogP contribution is 2.60. The molecule has 2 saturated heterocycles. The molecule has 35 nitrogen and oxygen atoms in total. The third-order valence-electron chi connectivity index (χ3n) is 15.2. The summed E-state index contributed by atoms with van der Waals surface area (Å²) in [6, 6.07) is 0.209. The normalized spacial score (nSPS) is 20.1. The Morgan fingerprint density at radius 3 is 1.38 bits per heavy atom. The molecule has 35 heteroatoms. The fourth-order valence-corrected chi connectivity index (χ4v) is 10.5. The standard InChI is InChI=1S/C56H72N16O19/c1-23-39(59)43(76)38-32(22-90-54(61)86)56(88-8)44-35(19-71(56)40(38)42(23)75)72(44)55(87)91-21-29-11-15-31(16-12-29)67-50(82)34(18-37(58)74)69-48(80)27(5)63-46(78)25(3)65-52(84)41(70(6)7)51(83)64-24(2)45(77)62-26(4)47(79)68-33(17-36(57)73)49(81)66-30-13-9-28(10-14-30)20-89-53(60)85/h9-16,24-27,32-35,41,44H,17-22,59H2,1-8H3,(H2,57,73)(H2,58,74)(H2,60,85)(H2,61,86)(H,62,77)(H,63,78)(H,64,83)(H,65,84)(H,66,81)(H,67,82)(H,68,79)(H,69,80)/t24-,25-,26-,27-,32+,33-,34-,35-,41?,44?,56+,72?/m0/s1. The maximum absolute atomic E-state index is 13.6. The third kappa shape index (κ3) is 16.1. The first-order valence-corrected chi connectivity index (χ1v) is 28.0. The molecule has 2 unspecified atom stereocenters. The van der Waals surface area contributed by atoms with Gasteiger partial charge in [0, 0.05) is 36.2 Å². The van der Waals surface area contributed by atoms with Crippen LogP contribution in [-0.4, -0.2) is 198 Å². The van der Waals surface area contributed by atoms with Gasteiger partial charge in [-0.1, -0.05) is 24.3 Å². The van der Waals surface area contributed by atoms with Crippen molar-refractivity contribution < 1.29 is 90.9 Å². The van der Waals surface area contributed by atoms with Crippen molar-refractivity contribution in [3.8, 4) is 0 Å². The van der Waals surface area contributed by atoms with Gasteiger partial charge in [0.1, 0.15) is 62.1 Å². The van der Waals surface area contributed by atoms with Crippen molar-refractivity contribution in [2.24, 2.45) is 34.6 Å². The van der Waals surface area contributed by atoms with E-state index in [9.17, 15) is 71.9 Å². The Bertz CT molecular complexity index is 3370. The zero-order valence-electron chi connectivity index (χ0n) is 50.6. The van der Waals surface area contributed by atoms with Crippen LogP contribution in [0.15, 0.2) is 71.1 Å². The van der Waals surface area contributed by atoms with Gasteiger partial charge in [-0.2, -0.15) is 0 Å². The van der Waals surface area contributed by atoms with E-state index in [-0.39, 0.29) is 53.7 Å². The summed E-state index contributed by atoms with van der Waals surface area (Å²) in [6.45, 7) is 5.55. The molecule has 6 rings (SSSR count). The van der Waals surface area contributed by atoms with Crippen molar-refractivity contribution in [1.82, 2.24) is 46.6 Å². The number of carbonyl (C=O) groups is 15. The van der Waals surface area contributed by atoms with Gasteiger partial charge in [0.2, 0.25) is 70.6 Å². The Morgan fingerprint density at radius 2 is 0.989 bits per heavy atom. The molecule has 13 amide bonds. The molecular weight excluding hydrogens is 1200 g/mol. The lowest BCUT2D eigenvalue weighted by Gasteiger charge is -2.40. The minimum Gasteiger partial charge on any atom is -0.449 e. The monoisotopic (exact) mass is 1270 g/mol. The summed E-state index contributed by atoms with van der Waals surface area (Å²) in [6.07, 6.45) is -4.24. The maximum Gasteiger partial charge on any atom is 0.410 e.